The Morgan fingerprint density at radius 3 is 2.92 bits per heavy atom. The van der Waals surface area contributed by atoms with Crippen LogP contribution >= 0.6 is 11.3 Å². The van der Waals surface area contributed by atoms with E-state index in [1.54, 1.807) is 11.3 Å². The van der Waals surface area contributed by atoms with E-state index in [9.17, 15) is 4.79 Å². The van der Waals surface area contributed by atoms with Gasteiger partial charge in [-0.3, -0.25) is 4.79 Å². The number of carbonyl (C=O) groups is 1. The monoisotopic (exact) mass is 345 g/mol. The molecule has 1 atom stereocenters. The first-order valence-electron chi connectivity index (χ1n) is 8.35. The van der Waals surface area contributed by atoms with E-state index in [4.69, 9.17) is 4.74 Å². The predicted molar refractivity (Wildman–Crippen MR) is 94.8 cm³/mol. The van der Waals surface area contributed by atoms with Gasteiger partial charge in [-0.1, -0.05) is 0 Å². The second-order valence-electron chi connectivity index (χ2n) is 6.11. The van der Waals surface area contributed by atoms with Crippen molar-refractivity contribution in [2.75, 3.05) is 13.7 Å². The molecule has 128 valence electrons. The summed E-state index contributed by atoms with van der Waals surface area (Å²) in [4.78, 5) is 25.1. The molecule has 1 unspecified atom stereocenters. The van der Waals surface area contributed by atoms with E-state index < -0.39 is 0 Å². The molecule has 0 saturated carbocycles. The Balaban J connectivity index is 1.91. The van der Waals surface area contributed by atoms with Gasteiger partial charge in [0.15, 0.2) is 0 Å². The molecule has 0 aromatic carbocycles. The topological polar surface area (TPSA) is 55.3 Å². The molecule has 5 nitrogen and oxygen atoms in total. The van der Waals surface area contributed by atoms with Crippen LogP contribution in [0.4, 0.5) is 0 Å². The number of carbonyl (C=O) groups excluding carboxylic acids is 1. The molecule has 0 fully saturated rings. The minimum Gasteiger partial charge on any atom is -0.477 e. The van der Waals surface area contributed by atoms with Crippen LogP contribution in [0.2, 0.25) is 0 Å². The van der Waals surface area contributed by atoms with E-state index in [0.717, 1.165) is 35.7 Å². The number of aryl methyl sites for hydroxylation is 3. The van der Waals surface area contributed by atoms with Gasteiger partial charge in [0, 0.05) is 12.7 Å². The Bertz CT molecular complexity index is 757. The highest BCUT2D eigenvalue weighted by Gasteiger charge is 2.31. The SMILES string of the molecule is CCOc1nc(C)ccc1C(=O)N(C)C1CCCc2nc(C)sc21. The van der Waals surface area contributed by atoms with E-state index in [1.165, 1.54) is 4.88 Å². The van der Waals surface area contributed by atoms with Crippen LogP contribution in [-0.4, -0.2) is 34.4 Å². The minimum absolute atomic E-state index is 0.0464. The van der Waals surface area contributed by atoms with E-state index in [1.807, 2.05) is 44.9 Å². The highest BCUT2D eigenvalue weighted by atomic mass is 32.1. The van der Waals surface area contributed by atoms with Gasteiger partial charge in [-0.2, -0.15) is 0 Å². The molecule has 0 saturated heterocycles. The van der Waals surface area contributed by atoms with Crippen LogP contribution in [0.15, 0.2) is 12.1 Å². The van der Waals surface area contributed by atoms with Gasteiger partial charge in [0.2, 0.25) is 5.88 Å². The van der Waals surface area contributed by atoms with Crippen LogP contribution in [-0.2, 0) is 6.42 Å². The average Bonchev–Trinajstić information content (AvgIpc) is 2.94. The number of thiazole rings is 1. The first-order valence-corrected chi connectivity index (χ1v) is 9.16. The highest BCUT2D eigenvalue weighted by molar-refractivity contribution is 7.11. The first kappa shape index (κ1) is 16.9. The Morgan fingerprint density at radius 2 is 2.17 bits per heavy atom. The van der Waals surface area contributed by atoms with Crippen molar-refractivity contribution in [2.45, 2.75) is 46.1 Å². The molecule has 0 aliphatic heterocycles. The number of fused-ring (bicyclic) bond motifs is 1. The fourth-order valence-electron chi connectivity index (χ4n) is 3.16. The molecule has 2 aromatic heterocycles. The van der Waals surface area contributed by atoms with Crippen molar-refractivity contribution in [3.63, 3.8) is 0 Å². The van der Waals surface area contributed by atoms with Crippen LogP contribution in [0.1, 0.15) is 57.4 Å². The summed E-state index contributed by atoms with van der Waals surface area (Å²) in [5.74, 6) is 0.376. The molecule has 6 heteroatoms. The average molecular weight is 345 g/mol. The zero-order chi connectivity index (χ0) is 17.3. The van der Waals surface area contributed by atoms with Crippen molar-refractivity contribution < 1.29 is 9.53 Å². The Hall–Kier alpha value is -1.95. The second kappa shape index (κ2) is 6.89. The Kier molecular flexibility index (Phi) is 4.85. The fraction of sp³-hybridized carbons (Fsp3) is 0.500. The molecule has 1 amide bonds. The van der Waals surface area contributed by atoms with Crippen molar-refractivity contribution in [3.05, 3.63) is 39.0 Å². The van der Waals surface area contributed by atoms with Crippen molar-refractivity contribution in [2.24, 2.45) is 0 Å². The summed E-state index contributed by atoms with van der Waals surface area (Å²) in [6.07, 6.45) is 3.04. The van der Waals surface area contributed by atoms with E-state index in [-0.39, 0.29) is 11.9 Å². The lowest BCUT2D eigenvalue weighted by Crippen LogP contribution is -2.33. The van der Waals surface area contributed by atoms with Crippen molar-refractivity contribution in [3.8, 4) is 5.88 Å². The molecule has 1 aliphatic carbocycles. The normalized spacial score (nSPS) is 16.6. The van der Waals surface area contributed by atoms with Crippen LogP contribution < -0.4 is 4.74 Å². The zero-order valence-electron chi connectivity index (χ0n) is 14.6. The molecule has 2 heterocycles. The van der Waals surface area contributed by atoms with Gasteiger partial charge in [-0.05, 0) is 52.2 Å². The summed E-state index contributed by atoms with van der Waals surface area (Å²) in [6.45, 7) is 6.31. The standard InChI is InChI=1S/C18H23N3O2S/c1-5-23-17-13(10-9-11(2)19-17)18(22)21(4)15-8-6-7-14-16(15)24-12(3)20-14/h9-10,15H,5-8H2,1-4H3. The third-order valence-corrected chi connectivity index (χ3v) is 5.44. The van der Waals surface area contributed by atoms with Gasteiger partial charge >= 0.3 is 0 Å². The number of hydrogen-bond acceptors (Lipinski definition) is 5. The lowest BCUT2D eigenvalue weighted by atomic mass is 9.96. The first-order chi connectivity index (χ1) is 11.5. The van der Waals surface area contributed by atoms with Crippen molar-refractivity contribution in [1.82, 2.24) is 14.9 Å². The number of aromatic nitrogens is 2. The van der Waals surface area contributed by atoms with Gasteiger partial charge < -0.3 is 9.64 Å². The van der Waals surface area contributed by atoms with Gasteiger partial charge in [-0.25, -0.2) is 9.97 Å². The zero-order valence-corrected chi connectivity index (χ0v) is 15.4. The molecule has 0 bridgehead atoms. The Morgan fingerprint density at radius 1 is 1.38 bits per heavy atom. The molecule has 1 aliphatic rings. The Labute approximate surface area is 146 Å². The molecule has 3 rings (SSSR count). The number of hydrogen-bond donors (Lipinski definition) is 0. The number of amides is 1. The second-order valence-corrected chi connectivity index (χ2v) is 7.34. The van der Waals surface area contributed by atoms with Crippen LogP contribution in [0.3, 0.4) is 0 Å². The minimum atomic E-state index is -0.0464. The quantitative estimate of drug-likeness (QED) is 0.848. The highest BCUT2D eigenvalue weighted by Crippen LogP contribution is 2.38. The van der Waals surface area contributed by atoms with Gasteiger partial charge in [0.25, 0.3) is 5.91 Å². The van der Waals surface area contributed by atoms with Gasteiger partial charge in [-0.15, -0.1) is 11.3 Å². The summed E-state index contributed by atoms with van der Waals surface area (Å²) in [5.41, 5.74) is 2.52. The third kappa shape index (κ3) is 3.15. The molecule has 0 radical (unpaired) electrons. The lowest BCUT2D eigenvalue weighted by Gasteiger charge is -2.31. The van der Waals surface area contributed by atoms with Crippen molar-refractivity contribution in [1.29, 1.82) is 0 Å². The number of rotatable bonds is 4. The maximum Gasteiger partial charge on any atom is 0.259 e. The number of ether oxygens (including phenoxy) is 1. The molecule has 0 spiro atoms. The maximum atomic E-state index is 13.1. The predicted octanol–water partition coefficient (Wildman–Crippen LogP) is 3.70. The van der Waals surface area contributed by atoms with E-state index >= 15 is 0 Å². The third-order valence-electron chi connectivity index (χ3n) is 4.33. The smallest absolute Gasteiger partial charge is 0.259 e. The van der Waals surface area contributed by atoms with Crippen LogP contribution in [0, 0.1) is 13.8 Å². The van der Waals surface area contributed by atoms with E-state index in [2.05, 4.69) is 9.97 Å². The molecule has 2 aromatic rings. The van der Waals surface area contributed by atoms with Crippen LogP contribution in [0.5, 0.6) is 5.88 Å². The van der Waals surface area contributed by atoms with Crippen LogP contribution in [0.25, 0.3) is 0 Å². The van der Waals surface area contributed by atoms with Gasteiger partial charge in [0.05, 0.1) is 28.2 Å². The van der Waals surface area contributed by atoms with Crippen molar-refractivity contribution >= 4 is 17.2 Å². The van der Waals surface area contributed by atoms with E-state index in [0.29, 0.717) is 18.1 Å². The molecule has 24 heavy (non-hydrogen) atoms. The number of pyridine rings is 1. The summed E-state index contributed by atoms with van der Waals surface area (Å²) < 4.78 is 5.58. The largest absolute Gasteiger partial charge is 0.477 e. The summed E-state index contributed by atoms with van der Waals surface area (Å²) >= 11 is 1.70. The van der Waals surface area contributed by atoms with Gasteiger partial charge in [0.1, 0.15) is 5.56 Å². The fourth-order valence-corrected chi connectivity index (χ4v) is 4.31. The number of nitrogens with zero attached hydrogens (tertiary/aromatic N) is 3. The molecule has 0 N–H and O–H groups in total. The summed E-state index contributed by atoms with van der Waals surface area (Å²) in [6, 6.07) is 3.75. The summed E-state index contributed by atoms with van der Waals surface area (Å²) in [7, 11) is 1.87. The maximum absolute atomic E-state index is 13.1. The molecular weight excluding hydrogens is 322 g/mol. The lowest BCUT2D eigenvalue weighted by molar-refractivity contribution is 0.0712. The summed E-state index contributed by atoms with van der Waals surface area (Å²) in [5, 5.41) is 1.07. The molecular formula is C18H23N3O2S.